The van der Waals surface area contributed by atoms with Crippen molar-refractivity contribution in [2.45, 2.75) is 65.1 Å². The molecule has 0 spiro atoms. The van der Waals surface area contributed by atoms with E-state index in [0.717, 1.165) is 23.9 Å². The van der Waals surface area contributed by atoms with Crippen LogP contribution in [0.1, 0.15) is 47.0 Å². The second-order valence-corrected chi connectivity index (χ2v) is 7.93. The fourth-order valence-corrected chi connectivity index (χ4v) is 4.67. The first-order valence-electron chi connectivity index (χ1n) is 8.20. The first-order chi connectivity index (χ1) is 9.13. The highest BCUT2D eigenvalue weighted by atomic mass is 32.2. The van der Waals surface area contributed by atoms with Crippen LogP contribution >= 0.6 is 11.8 Å². The second-order valence-electron chi connectivity index (χ2n) is 6.78. The molecular weight excluding hydrogens is 252 g/mol. The highest BCUT2D eigenvalue weighted by molar-refractivity contribution is 7.99. The molecule has 0 aromatic heterocycles. The minimum absolute atomic E-state index is 0.701. The van der Waals surface area contributed by atoms with Gasteiger partial charge in [-0.15, -0.1) is 0 Å². The van der Waals surface area contributed by atoms with Gasteiger partial charge < -0.3 is 5.32 Å². The zero-order chi connectivity index (χ0) is 13.8. The van der Waals surface area contributed by atoms with Crippen LogP contribution in [0.3, 0.4) is 0 Å². The fraction of sp³-hybridized carbons (Fsp3) is 1.00. The van der Waals surface area contributed by atoms with E-state index in [0.29, 0.717) is 6.04 Å². The molecule has 4 atom stereocenters. The second kappa shape index (κ2) is 7.33. The van der Waals surface area contributed by atoms with E-state index in [1.807, 2.05) is 0 Å². The quantitative estimate of drug-likeness (QED) is 0.853. The van der Waals surface area contributed by atoms with Gasteiger partial charge in [0.25, 0.3) is 0 Å². The molecule has 2 fully saturated rings. The molecule has 0 amide bonds. The van der Waals surface area contributed by atoms with Crippen LogP contribution in [0.2, 0.25) is 0 Å². The molecule has 19 heavy (non-hydrogen) atoms. The maximum absolute atomic E-state index is 3.82. The molecule has 2 aliphatic rings. The standard InChI is InChI=1S/C16H32N2S/c1-5-13(4)15-10-18(14-7-6-8-19-11-14)16(9-17-15)12(2)3/h12-17H,5-11H2,1-4H3. The summed E-state index contributed by atoms with van der Waals surface area (Å²) in [6.07, 6.45) is 4.12. The third-order valence-electron chi connectivity index (χ3n) is 5.13. The molecule has 2 nitrogen and oxygen atoms in total. The minimum atomic E-state index is 0.701. The highest BCUT2D eigenvalue weighted by Gasteiger charge is 2.36. The molecule has 2 heterocycles. The van der Waals surface area contributed by atoms with Gasteiger partial charge in [-0.2, -0.15) is 11.8 Å². The Hall–Kier alpha value is 0.270. The van der Waals surface area contributed by atoms with Gasteiger partial charge in [-0.25, -0.2) is 0 Å². The third-order valence-corrected chi connectivity index (χ3v) is 6.33. The first kappa shape index (κ1) is 15.7. The zero-order valence-electron chi connectivity index (χ0n) is 13.2. The van der Waals surface area contributed by atoms with Crippen LogP contribution in [0.4, 0.5) is 0 Å². The number of thioether (sulfide) groups is 1. The minimum Gasteiger partial charge on any atom is -0.311 e. The van der Waals surface area contributed by atoms with Gasteiger partial charge in [0, 0.05) is 37.0 Å². The van der Waals surface area contributed by atoms with Crippen LogP contribution in [-0.2, 0) is 0 Å². The van der Waals surface area contributed by atoms with Gasteiger partial charge >= 0.3 is 0 Å². The predicted molar refractivity (Wildman–Crippen MR) is 86.9 cm³/mol. The van der Waals surface area contributed by atoms with Gasteiger partial charge in [0.05, 0.1) is 0 Å². The van der Waals surface area contributed by atoms with Gasteiger partial charge in [-0.1, -0.05) is 34.1 Å². The number of nitrogens with zero attached hydrogens (tertiary/aromatic N) is 1. The van der Waals surface area contributed by atoms with Crippen molar-refractivity contribution < 1.29 is 0 Å². The predicted octanol–water partition coefficient (Wildman–Crippen LogP) is 3.23. The summed E-state index contributed by atoms with van der Waals surface area (Å²) in [5, 5.41) is 3.82. The number of nitrogens with one attached hydrogen (secondary N) is 1. The maximum atomic E-state index is 3.82. The maximum Gasteiger partial charge on any atom is 0.0247 e. The average molecular weight is 285 g/mol. The van der Waals surface area contributed by atoms with Crippen LogP contribution in [0, 0.1) is 11.8 Å². The lowest BCUT2D eigenvalue weighted by atomic mass is 9.90. The van der Waals surface area contributed by atoms with Crippen LogP contribution in [0.5, 0.6) is 0 Å². The Kier molecular flexibility index (Phi) is 6.04. The molecule has 3 heteroatoms. The van der Waals surface area contributed by atoms with Gasteiger partial charge in [0.1, 0.15) is 0 Å². The Morgan fingerprint density at radius 3 is 2.68 bits per heavy atom. The van der Waals surface area contributed by atoms with Gasteiger partial charge in [-0.3, -0.25) is 4.90 Å². The van der Waals surface area contributed by atoms with E-state index in [1.165, 1.54) is 43.9 Å². The lowest BCUT2D eigenvalue weighted by Gasteiger charge is -2.48. The monoisotopic (exact) mass is 284 g/mol. The molecule has 4 unspecified atom stereocenters. The summed E-state index contributed by atoms with van der Waals surface area (Å²) in [6, 6.07) is 2.27. The lowest BCUT2D eigenvalue weighted by Crippen LogP contribution is -2.63. The summed E-state index contributed by atoms with van der Waals surface area (Å²) in [5.74, 6) is 4.30. The fourth-order valence-electron chi connectivity index (χ4n) is 3.51. The molecule has 0 aromatic rings. The van der Waals surface area contributed by atoms with Crippen molar-refractivity contribution in [3.63, 3.8) is 0 Å². The number of hydrogen-bond acceptors (Lipinski definition) is 3. The molecule has 0 radical (unpaired) electrons. The number of hydrogen-bond donors (Lipinski definition) is 1. The Balaban J connectivity index is 2.03. The summed E-state index contributed by atoms with van der Waals surface area (Å²) in [7, 11) is 0. The average Bonchev–Trinajstić information content (AvgIpc) is 2.46. The molecule has 1 N–H and O–H groups in total. The Labute approximate surface area is 124 Å². The van der Waals surface area contributed by atoms with Crippen LogP contribution < -0.4 is 5.32 Å². The van der Waals surface area contributed by atoms with E-state index < -0.39 is 0 Å². The van der Waals surface area contributed by atoms with Gasteiger partial charge in [-0.05, 0) is 30.4 Å². The van der Waals surface area contributed by atoms with Crippen molar-refractivity contribution in [1.82, 2.24) is 10.2 Å². The first-order valence-corrected chi connectivity index (χ1v) is 9.35. The Bertz CT molecular complexity index is 263. The van der Waals surface area contributed by atoms with E-state index in [-0.39, 0.29) is 0 Å². The molecule has 2 saturated heterocycles. The Morgan fingerprint density at radius 2 is 2.11 bits per heavy atom. The lowest BCUT2D eigenvalue weighted by molar-refractivity contribution is 0.0468. The largest absolute Gasteiger partial charge is 0.311 e. The van der Waals surface area contributed by atoms with E-state index in [9.17, 15) is 0 Å². The van der Waals surface area contributed by atoms with Crippen molar-refractivity contribution in [2.24, 2.45) is 11.8 Å². The van der Waals surface area contributed by atoms with Crippen molar-refractivity contribution >= 4 is 11.8 Å². The normalized spacial score (nSPS) is 35.5. The van der Waals surface area contributed by atoms with E-state index in [4.69, 9.17) is 0 Å². The van der Waals surface area contributed by atoms with E-state index in [2.05, 4.69) is 49.7 Å². The van der Waals surface area contributed by atoms with Crippen molar-refractivity contribution in [1.29, 1.82) is 0 Å². The molecule has 112 valence electrons. The van der Waals surface area contributed by atoms with Crippen molar-refractivity contribution in [3.05, 3.63) is 0 Å². The SMILES string of the molecule is CCC(C)C1CN(C2CCCSC2)C(C(C)C)CN1. The van der Waals surface area contributed by atoms with Crippen molar-refractivity contribution in [3.8, 4) is 0 Å². The molecule has 0 bridgehead atoms. The highest BCUT2D eigenvalue weighted by Crippen LogP contribution is 2.28. The van der Waals surface area contributed by atoms with Gasteiger partial charge in [0.2, 0.25) is 0 Å². The molecule has 0 saturated carbocycles. The third kappa shape index (κ3) is 3.89. The summed E-state index contributed by atoms with van der Waals surface area (Å²) >= 11 is 2.16. The summed E-state index contributed by atoms with van der Waals surface area (Å²) in [4.78, 5) is 2.87. The topological polar surface area (TPSA) is 15.3 Å². The Morgan fingerprint density at radius 1 is 1.32 bits per heavy atom. The number of piperazine rings is 1. The molecule has 2 aliphatic heterocycles. The van der Waals surface area contributed by atoms with Crippen LogP contribution in [0.15, 0.2) is 0 Å². The summed E-state index contributed by atoms with van der Waals surface area (Å²) < 4.78 is 0. The summed E-state index contributed by atoms with van der Waals surface area (Å²) in [6.45, 7) is 12.0. The molecule has 0 aromatic carbocycles. The molecule has 2 rings (SSSR count). The smallest absolute Gasteiger partial charge is 0.0247 e. The number of rotatable bonds is 4. The van der Waals surface area contributed by atoms with Crippen molar-refractivity contribution in [2.75, 3.05) is 24.6 Å². The molecular formula is C16H32N2S. The zero-order valence-corrected chi connectivity index (χ0v) is 14.0. The van der Waals surface area contributed by atoms with E-state index >= 15 is 0 Å². The van der Waals surface area contributed by atoms with E-state index in [1.54, 1.807) is 0 Å². The van der Waals surface area contributed by atoms with Crippen LogP contribution in [-0.4, -0.2) is 47.6 Å². The molecule has 0 aliphatic carbocycles. The summed E-state index contributed by atoms with van der Waals surface area (Å²) in [5.41, 5.74) is 0. The van der Waals surface area contributed by atoms with Gasteiger partial charge in [0.15, 0.2) is 0 Å². The van der Waals surface area contributed by atoms with Crippen LogP contribution in [0.25, 0.3) is 0 Å².